The molecule has 0 bridgehead atoms. The van der Waals surface area contributed by atoms with Gasteiger partial charge in [0.25, 0.3) is 0 Å². The van der Waals surface area contributed by atoms with Crippen LogP contribution in [0.4, 0.5) is 0 Å². The minimum atomic E-state index is 0.00796. The van der Waals surface area contributed by atoms with Gasteiger partial charge in [-0.3, -0.25) is 9.36 Å². The maximum absolute atomic E-state index is 12.3. The van der Waals surface area contributed by atoms with Gasteiger partial charge in [-0.2, -0.15) is 0 Å². The molecule has 108 valence electrons. The first kappa shape index (κ1) is 14.8. The Balaban J connectivity index is 2.51. The minimum Gasteiger partial charge on any atom is -0.309 e. The van der Waals surface area contributed by atoms with Crippen molar-refractivity contribution in [2.75, 3.05) is 20.6 Å². The van der Waals surface area contributed by atoms with Crippen molar-refractivity contribution < 1.29 is 4.79 Å². The summed E-state index contributed by atoms with van der Waals surface area (Å²) in [4.78, 5) is 14.5. The zero-order valence-corrected chi connectivity index (χ0v) is 13.1. The molecule has 0 saturated heterocycles. The van der Waals surface area contributed by atoms with Gasteiger partial charge in [0, 0.05) is 24.0 Å². The smallest absolute Gasteiger partial charge is 0.233 e. The van der Waals surface area contributed by atoms with E-state index >= 15 is 0 Å². The molecule has 20 heavy (non-hydrogen) atoms. The van der Waals surface area contributed by atoms with Crippen molar-refractivity contribution in [1.82, 2.24) is 9.47 Å². The topological polar surface area (TPSA) is 25.2 Å². The van der Waals surface area contributed by atoms with E-state index in [1.165, 1.54) is 16.5 Å². The lowest BCUT2D eigenvalue weighted by Gasteiger charge is -2.08. The van der Waals surface area contributed by atoms with Crippen molar-refractivity contribution in [2.24, 2.45) is 5.92 Å². The monoisotopic (exact) mass is 272 g/mol. The summed E-state index contributed by atoms with van der Waals surface area (Å²) in [5.74, 6) is 0.170. The molecule has 1 heterocycles. The SMILES string of the molecule is Cc1ccc2c(c1)c(CCN(C)C)cn2C(=O)C(C)C. The van der Waals surface area contributed by atoms with Crippen LogP contribution in [0.3, 0.4) is 0 Å². The lowest BCUT2D eigenvalue weighted by Crippen LogP contribution is -2.16. The average molecular weight is 272 g/mol. The van der Waals surface area contributed by atoms with Crippen molar-refractivity contribution in [3.63, 3.8) is 0 Å². The fourth-order valence-electron chi connectivity index (χ4n) is 2.42. The van der Waals surface area contributed by atoms with Crippen molar-refractivity contribution in [3.05, 3.63) is 35.5 Å². The maximum atomic E-state index is 12.3. The first-order valence-electron chi connectivity index (χ1n) is 7.19. The Morgan fingerprint density at radius 2 is 2.00 bits per heavy atom. The third-order valence-corrected chi connectivity index (χ3v) is 3.60. The van der Waals surface area contributed by atoms with E-state index in [0.717, 1.165) is 18.5 Å². The molecule has 0 aliphatic rings. The van der Waals surface area contributed by atoms with Crippen LogP contribution in [0.1, 0.15) is 29.8 Å². The number of likely N-dealkylation sites (N-methyl/N-ethyl adjacent to an activating group) is 1. The second kappa shape index (κ2) is 5.80. The maximum Gasteiger partial charge on any atom is 0.233 e. The highest BCUT2D eigenvalue weighted by Crippen LogP contribution is 2.24. The Morgan fingerprint density at radius 3 is 2.60 bits per heavy atom. The molecule has 0 spiro atoms. The number of rotatable bonds is 4. The summed E-state index contributed by atoms with van der Waals surface area (Å²) >= 11 is 0. The fourth-order valence-corrected chi connectivity index (χ4v) is 2.42. The molecule has 1 aromatic carbocycles. The average Bonchev–Trinajstić information content (AvgIpc) is 2.73. The van der Waals surface area contributed by atoms with Gasteiger partial charge in [-0.15, -0.1) is 0 Å². The summed E-state index contributed by atoms with van der Waals surface area (Å²) in [6.45, 7) is 6.98. The Labute approximate surface area is 121 Å². The van der Waals surface area contributed by atoms with Gasteiger partial charge in [0.1, 0.15) is 0 Å². The van der Waals surface area contributed by atoms with E-state index in [4.69, 9.17) is 0 Å². The van der Waals surface area contributed by atoms with Gasteiger partial charge in [-0.25, -0.2) is 0 Å². The zero-order chi connectivity index (χ0) is 14.9. The van der Waals surface area contributed by atoms with Crippen LogP contribution in [0, 0.1) is 12.8 Å². The van der Waals surface area contributed by atoms with Crippen LogP contribution < -0.4 is 0 Å². The minimum absolute atomic E-state index is 0.00796. The van der Waals surface area contributed by atoms with Gasteiger partial charge >= 0.3 is 0 Å². The van der Waals surface area contributed by atoms with Crippen molar-refractivity contribution >= 4 is 16.8 Å². The third-order valence-electron chi connectivity index (χ3n) is 3.60. The van der Waals surface area contributed by atoms with E-state index in [0.29, 0.717) is 0 Å². The molecule has 0 atom stereocenters. The van der Waals surface area contributed by atoms with Crippen molar-refractivity contribution in [3.8, 4) is 0 Å². The van der Waals surface area contributed by atoms with E-state index < -0.39 is 0 Å². The largest absolute Gasteiger partial charge is 0.309 e. The first-order chi connectivity index (χ1) is 9.40. The second-order valence-corrected chi connectivity index (χ2v) is 6.09. The van der Waals surface area contributed by atoms with Crippen LogP contribution in [0.5, 0.6) is 0 Å². The quantitative estimate of drug-likeness (QED) is 0.853. The summed E-state index contributed by atoms with van der Waals surface area (Å²) in [5.41, 5.74) is 3.52. The van der Waals surface area contributed by atoms with Crippen LogP contribution in [-0.2, 0) is 6.42 Å². The number of fused-ring (bicyclic) bond motifs is 1. The van der Waals surface area contributed by atoms with Crippen molar-refractivity contribution in [1.29, 1.82) is 0 Å². The Kier molecular flexibility index (Phi) is 4.29. The summed E-state index contributed by atoms with van der Waals surface area (Å²) in [7, 11) is 4.15. The number of hydrogen-bond donors (Lipinski definition) is 0. The van der Waals surface area contributed by atoms with Crippen LogP contribution in [0.15, 0.2) is 24.4 Å². The van der Waals surface area contributed by atoms with E-state index in [1.807, 2.05) is 24.6 Å². The van der Waals surface area contributed by atoms with Gasteiger partial charge < -0.3 is 4.90 Å². The van der Waals surface area contributed by atoms with Gasteiger partial charge in [-0.05, 0) is 45.1 Å². The van der Waals surface area contributed by atoms with E-state index in [1.54, 1.807) is 0 Å². The van der Waals surface area contributed by atoms with Gasteiger partial charge in [0.05, 0.1) is 5.52 Å². The summed E-state index contributed by atoms with van der Waals surface area (Å²) < 4.78 is 1.82. The summed E-state index contributed by atoms with van der Waals surface area (Å²) in [6, 6.07) is 6.32. The highest BCUT2D eigenvalue weighted by atomic mass is 16.2. The molecular weight excluding hydrogens is 248 g/mol. The fraction of sp³-hybridized carbons (Fsp3) is 0.471. The Hall–Kier alpha value is -1.61. The molecule has 0 unspecified atom stereocenters. The number of aromatic nitrogens is 1. The second-order valence-electron chi connectivity index (χ2n) is 6.09. The van der Waals surface area contributed by atoms with Crippen LogP contribution in [0.2, 0.25) is 0 Å². The predicted molar refractivity (Wildman–Crippen MR) is 84.4 cm³/mol. The van der Waals surface area contributed by atoms with E-state index in [-0.39, 0.29) is 11.8 Å². The summed E-state index contributed by atoms with van der Waals surface area (Å²) in [6.07, 6.45) is 2.99. The molecule has 3 nitrogen and oxygen atoms in total. The number of aryl methyl sites for hydroxylation is 1. The highest BCUT2D eigenvalue weighted by molar-refractivity contribution is 5.95. The van der Waals surface area contributed by atoms with Crippen LogP contribution >= 0.6 is 0 Å². The highest BCUT2D eigenvalue weighted by Gasteiger charge is 2.16. The number of nitrogens with zero attached hydrogens (tertiary/aromatic N) is 2. The Morgan fingerprint density at radius 1 is 1.30 bits per heavy atom. The molecule has 2 aromatic rings. The molecular formula is C17H24N2O. The zero-order valence-electron chi connectivity index (χ0n) is 13.1. The van der Waals surface area contributed by atoms with Crippen LogP contribution in [0.25, 0.3) is 10.9 Å². The number of carbonyl (C=O) groups excluding carboxylic acids is 1. The van der Waals surface area contributed by atoms with Gasteiger partial charge in [-0.1, -0.05) is 25.5 Å². The van der Waals surface area contributed by atoms with E-state index in [9.17, 15) is 4.79 Å². The number of benzene rings is 1. The first-order valence-corrected chi connectivity index (χ1v) is 7.19. The van der Waals surface area contributed by atoms with Crippen molar-refractivity contribution in [2.45, 2.75) is 27.2 Å². The normalized spacial score (nSPS) is 11.8. The third kappa shape index (κ3) is 2.93. The standard InChI is InChI=1S/C17H24N2O/c1-12(2)17(20)19-11-14(8-9-18(4)5)15-10-13(3)6-7-16(15)19/h6-7,10-12H,8-9H2,1-5H3. The lowest BCUT2D eigenvalue weighted by atomic mass is 10.1. The van der Waals surface area contributed by atoms with E-state index in [2.05, 4.69) is 44.1 Å². The Bertz CT molecular complexity index is 623. The number of carbonyl (C=O) groups is 1. The molecule has 1 aromatic heterocycles. The molecule has 0 aliphatic heterocycles. The molecule has 0 amide bonds. The molecule has 0 fully saturated rings. The molecule has 0 N–H and O–H groups in total. The predicted octanol–water partition coefficient (Wildman–Crippen LogP) is 3.35. The molecule has 3 heteroatoms. The summed E-state index contributed by atoms with van der Waals surface area (Å²) in [5, 5.41) is 1.21. The molecule has 2 rings (SSSR count). The molecule has 0 saturated carbocycles. The van der Waals surface area contributed by atoms with Crippen LogP contribution in [-0.4, -0.2) is 36.0 Å². The number of hydrogen-bond acceptors (Lipinski definition) is 2. The van der Waals surface area contributed by atoms with Gasteiger partial charge in [0.2, 0.25) is 5.91 Å². The molecule has 0 aliphatic carbocycles. The lowest BCUT2D eigenvalue weighted by molar-refractivity contribution is 0.0860. The van der Waals surface area contributed by atoms with Gasteiger partial charge in [0.15, 0.2) is 0 Å². The molecule has 0 radical (unpaired) electrons.